The Hall–Kier alpha value is -3.56. The summed E-state index contributed by atoms with van der Waals surface area (Å²) >= 11 is 6.42. The molecular formula is C30H36ClN3O5S. The Morgan fingerprint density at radius 1 is 0.925 bits per heavy atom. The third-order valence-electron chi connectivity index (χ3n) is 6.16. The van der Waals surface area contributed by atoms with Crippen LogP contribution in [0.3, 0.4) is 0 Å². The second-order valence-corrected chi connectivity index (χ2v) is 11.7. The second-order valence-electron chi connectivity index (χ2n) is 9.45. The van der Waals surface area contributed by atoms with Crippen molar-refractivity contribution in [3.05, 3.63) is 89.4 Å². The van der Waals surface area contributed by atoms with Crippen LogP contribution in [0.25, 0.3) is 0 Å². The maximum absolute atomic E-state index is 14.0. The van der Waals surface area contributed by atoms with Gasteiger partial charge in [0.2, 0.25) is 11.8 Å². The van der Waals surface area contributed by atoms with Crippen molar-refractivity contribution in [3.8, 4) is 5.75 Å². The summed E-state index contributed by atoms with van der Waals surface area (Å²) < 4.78 is 34.3. The van der Waals surface area contributed by atoms with Crippen LogP contribution >= 0.6 is 11.6 Å². The molecule has 10 heteroatoms. The summed E-state index contributed by atoms with van der Waals surface area (Å²) in [5.74, 6) is -0.320. The number of ether oxygens (including phenoxy) is 1. The van der Waals surface area contributed by atoms with Gasteiger partial charge >= 0.3 is 0 Å². The highest BCUT2D eigenvalue weighted by Gasteiger charge is 2.34. The molecule has 0 aliphatic carbocycles. The van der Waals surface area contributed by atoms with Crippen LogP contribution < -0.4 is 14.4 Å². The average Bonchev–Trinajstić information content (AvgIpc) is 2.93. The Labute approximate surface area is 241 Å². The van der Waals surface area contributed by atoms with E-state index in [1.165, 1.54) is 17.0 Å². The molecule has 0 fully saturated rings. The van der Waals surface area contributed by atoms with E-state index in [9.17, 15) is 18.0 Å². The molecule has 3 rings (SSSR count). The molecule has 1 atom stereocenters. The molecule has 8 nitrogen and oxygen atoms in total. The van der Waals surface area contributed by atoms with Crippen LogP contribution in [0.15, 0.2) is 83.8 Å². The molecular weight excluding hydrogens is 550 g/mol. The van der Waals surface area contributed by atoms with Gasteiger partial charge in [0, 0.05) is 17.6 Å². The maximum Gasteiger partial charge on any atom is 0.264 e. The van der Waals surface area contributed by atoms with Crippen molar-refractivity contribution >= 4 is 39.1 Å². The first-order valence-corrected chi connectivity index (χ1v) is 15.0. The van der Waals surface area contributed by atoms with Crippen molar-refractivity contribution in [1.29, 1.82) is 0 Å². The van der Waals surface area contributed by atoms with Crippen molar-refractivity contribution in [2.75, 3.05) is 17.5 Å². The molecule has 2 amide bonds. The molecule has 3 aromatic rings. The first kappa shape index (κ1) is 31.0. The molecule has 0 aliphatic rings. The third-order valence-corrected chi connectivity index (χ3v) is 8.32. The van der Waals surface area contributed by atoms with E-state index in [-0.39, 0.29) is 23.4 Å². The maximum atomic E-state index is 14.0. The summed E-state index contributed by atoms with van der Waals surface area (Å²) in [6.07, 6.45) is 0.325. The molecule has 0 saturated heterocycles. The summed E-state index contributed by atoms with van der Waals surface area (Å²) in [5, 5.41) is 3.32. The summed E-state index contributed by atoms with van der Waals surface area (Å²) in [7, 11) is -4.16. The standard InChI is InChI=1S/C30H36ClN3O5S/c1-5-28(30(36)32-22(3)4)33(20-23-12-10-11-15-27(23)31)29(35)21-34(24-13-8-7-9-14-24)40(37,38)26-18-16-25(17-19-26)39-6-2/h7-19,22,28H,5-6,20-21H2,1-4H3,(H,32,36)/t28-/m0/s1. The van der Waals surface area contributed by atoms with Gasteiger partial charge in [-0.1, -0.05) is 54.9 Å². The Balaban J connectivity index is 2.04. The fourth-order valence-electron chi connectivity index (χ4n) is 4.24. The normalized spacial score (nSPS) is 12.1. The van der Waals surface area contributed by atoms with Gasteiger partial charge in [-0.3, -0.25) is 13.9 Å². The van der Waals surface area contributed by atoms with Gasteiger partial charge in [0.25, 0.3) is 10.0 Å². The largest absolute Gasteiger partial charge is 0.494 e. The zero-order chi connectivity index (χ0) is 29.3. The minimum absolute atomic E-state index is 0.00912. The highest BCUT2D eigenvalue weighted by molar-refractivity contribution is 7.92. The first-order valence-electron chi connectivity index (χ1n) is 13.2. The number of halogens is 1. The van der Waals surface area contributed by atoms with E-state index in [1.807, 2.05) is 27.7 Å². The number of sulfonamides is 1. The van der Waals surface area contributed by atoms with Crippen LogP contribution in [0.5, 0.6) is 5.75 Å². The van der Waals surface area contributed by atoms with E-state index >= 15 is 0 Å². The van der Waals surface area contributed by atoms with E-state index in [4.69, 9.17) is 16.3 Å². The number of amides is 2. The highest BCUT2D eigenvalue weighted by atomic mass is 35.5. The second kappa shape index (κ2) is 14.2. The number of hydrogen-bond donors (Lipinski definition) is 1. The summed E-state index contributed by atoms with van der Waals surface area (Å²) in [5.41, 5.74) is 0.969. The quantitative estimate of drug-likeness (QED) is 0.295. The van der Waals surface area contributed by atoms with Crippen LogP contribution in [0.2, 0.25) is 5.02 Å². The fourth-order valence-corrected chi connectivity index (χ4v) is 5.84. The summed E-state index contributed by atoms with van der Waals surface area (Å²) in [6, 6.07) is 20.6. The van der Waals surface area contributed by atoms with Crippen molar-refractivity contribution in [2.45, 2.75) is 57.6 Å². The number of benzene rings is 3. The van der Waals surface area contributed by atoms with Gasteiger partial charge in [0.05, 0.1) is 17.2 Å². The molecule has 214 valence electrons. The Bertz CT molecular complexity index is 1380. The zero-order valence-electron chi connectivity index (χ0n) is 23.2. The topological polar surface area (TPSA) is 96.0 Å². The monoisotopic (exact) mass is 585 g/mol. The Morgan fingerprint density at radius 3 is 2.12 bits per heavy atom. The predicted molar refractivity (Wildman–Crippen MR) is 158 cm³/mol. The minimum Gasteiger partial charge on any atom is -0.494 e. The zero-order valence-corrected chi connectivity index (χ0v) is 24.8. The third kappa shape index (κ3) is 7.76. The summed E-state index contributed by atoms with van der Waals surface area (Å²) in [6.45, 7) is 7.29. The molecule has 0 aliphatic heterocycles. The van der Waals surface area contributed by atoms with Crippen LogP contribution in [-0.4, -0.2) is 50.4 Å². The fraction of sp³-hybridized carbons (Fsp3) is 0.333. The number of rotatable bonds is 13. The van der Waals surface area contributed by atoms with Crippen LogP contribution in [-0.2, 0) is 26.2 Å². The van der Waals surface area contributed by atoms with Gasteiger partial charge in [-0.2, -0.15) is 0 Å². The number of para-hydroxylation sites is 1. The molecule has 0 heterocycles. The number of carbonyl (C=O) groups excluding carboxylic acids is 2. The van der Waals surface area contributed by atoms with Crippen molar-refractivity contribution in [3.63, 3.8) is 0 Å². The molecule has 3 aromatic carbocycles. The van der Waals surface area contributed by atoms with Gasteiger partial charge in [0.15, 0.2) is 0 Å². The Kier molecular flexibility index (Phi) is 11.0. The smallest absolute Gasteiger partial charge is 0.264 e. The first-order chi connectivity index (χ1) is 19.1. The summed E-state index contributed by atoms with van der Waals surface area (Å²) in [4.78, 5) is 28.6. The molecule has 0 radical (unpaired) electrons. The van der Waals surface area contributed by atoms with Gasteiger partial charge in [0.1, 0.15) is 18.3 Å². The van der Waals surface area contributed by atoms with Crippen LogP contribution in [0.1, 0.15) is 39.7 Å². The lowest BCUT2D eigenvalue weighted by Gasteiger charge is -2.33. The molecule has 0 saturated carbocycles. The molecule has 0 bridgehead atoms. The minimum atomic E-state index is -4.16. The Morgan fingerprint density at radius 2 is 1.55 bits per heavy atom. The van der Waals surface area contributed by atoms with Crippen LogP contribution in [0.4, 0.5) is 5.69 Å². The van der Waals surface area contributed by atoms with Crippen molar-refractivity contribution in [2.24, 2.45) is 0 Å². The van der Waals surface area contributed by atoms with Gasteiger partial charge in [-0.15, -0.1) is 0 Å². The number of anilines is 1. The van der Waals surface area contributed by atoms with Gasteiger partial charge in [-0.25, -0.2) is 8.42 Å². The number of nitrogens with one attached hydrogen (secondary N) is 1. The lowest BCUT2D eigenvalue weighted by Crippen LogP contribution is -2.53. The SMILES string of the molecule is CCOc1ccc(S(=O)(=O)N(CC(=O)N(Cc2ccccc2Cl)[C@@H](CC)C(=O)NC(C)C)c2ccccc2)cc1. The predicted octanol–water partition coefficient (Wildman–Crippen LogP) is 5.27. The van der Waals surface area contributed by atoms with E-state index in [1.54, 1.807) is 66.7 Å². The van der Waals surface area contributed by atoms with E-state index in [2.05, 4.69) is 5.32 Å². The number of nitrogens with zero attached hydrogens (tertiary/aromatic N) is 2. The van der Waals surface area contributed by atoms with Crippen LogP contribution in [0, 0.1) is 0 Å². The molecule has 40 heavy (non-hydrogen) atoms. The molecule has 0 unspecified atom stereocenters. The lowest BCUT2D eigenvalue weighted by molar-refractivity contribution is -0.140. The van der Waals surface area contributed by atoms with Crippen molar-refractivity contribution < 1.29 is 22.7 Å². The van der Waals surface area contributed by atoms with Gasteiger partial charge in [-0.05, 0) is 75.2 Å². The molecule has 0 spiro atoms. The highest BCUT2D eigenvalue weighted by Crippen LogP contribution is 2.26. The molecule has 0 aromatic heterocycles. The number of carbonyl (C=O) groups is 2. The average molecular weight is 586 g/mol. The van der Waals surface area contributed by atoms with Gasteiger partial charge < -0.3 is 15.0 Å². The van der Waals surface area contributed by atoms with E-state index in [0.29, 0.717) is 35.1 Å². The van der Waals surface area contributed by atoms with Crippen molar-refractivity contribution in [1.82, 2.24) is 10.2 Å². The number of hydrogen-bond acceptors (Lipinski definition) is 5. The lowest BCUT2D eigenvalue weighted by atomic mass is 10.1. The van der Waals surface area contributed by atoms with E-state index < -0.39 is 28.5 Å². The molecule has 1 N–H and O–H groups in total. The van der Waals surface area contributed by atoms with E-state index in [0.717, 1.165) is 4.31 Å².